The van der Waals surface area contributed by atoms with Crippen LogP contribution in [0.25, 0.3) is 0 Å². The highest BCUT2D eigenvalue weighted by Gasteiger charge is 2.33. The minimum absolute atomic E-state index is 0.194. The minimum atomic E-state index is -0.914. The lowest BCUT2D eigenvalue weighted by Gasteiger charge is -2.30. The van der Waals surface area contributed by atoms with Crippen LogP contribution in [0.5, 0.6) is 0 Å². The first-order chi connectivity index (χ1) is 20.8. The Labute approximate surface area is 278 Å². The number of ether oxygens (including phenoxy) is 1. The predicted octanol–water partition coefficient (Wildman–Crippen LogP) is 10.7. The molecule has 0 bridgehead atoms. The van der Waals surface area contributed by atoms with Crippen LogP contribution in [-0.2, 0) is 20.7 Å². The Kier molecular flexibility index (Phi) is 17.1. The standard InChI is InChI=1S/C18H18O2.C14H14O.C5H7Cl.CH2Cl2/c1-14(2)17(19)20-18(3,15-10-6-4-7-11-15)16-12-8-5-9-13-16;1-14(15,12-8-4-2-5-9-12)13-10-6-3-7-11-13;1-4(2)5(3)6;2-1-3/h4-13H,1H2,2-3H3;2-11,15H,1H3;1,3H2,2H3;1H2. The number of halogens is 3. The van der Waals surface area contributed by atoms with Gasteiger partial charge in [-0.25, -0.2) is 4.79 Å². The molecule has 4 rings (SSSR count). The Hall–Kier alpha value is -3.60. The van der Waals surface area contributed by atoms with Crippen molar-refractivity contribution in [2.75, 3.05) is 5.34 Å². The van der Waals surface area contributed by atoms with Crippen LogP contribution >= 0.6 is 34.8 Å². The van der Waals surface area contributed by atoms with Gasteiger partial charge in [0.1, 0.15) is 5.60 Å². The number of hydrogen-bond acceptors (Lipinski definition) is 3. The van der Waals surface area contributed by atoms with Gasteiger partial charge in [0.15, 0.2) is 5.60 Å². The zero-order valence-electron chi connectivity index (χ0n) is 25.8. The second-order valence-electron chi connectivity index (χ2n) is 10.0. The fourth-order valence-electron chi connectivity index (χ4n) is 3.76. The third-order valence-electron chi connectivity index (χ3n) is 6.43. The smallest absolute Gasteiger partial charge is 0.334 e. The van der Waals surface area contributed by atoms with Gasteiger partial charge in [-0.05, 0) is 55.5 Å². The summed E-state index contributed by atoms with van der Waals surface area (Å²) in [5.41, 5.74) is 3.18. The molecule has 1 N–H and O–H groups in total. The molecule has 0 heterocycles. The lowest BCUT2D eigenvalue weighted by Crippen LogP contribution is -2.30. The summed E-state index contributed by atoms with van der Waals surface area (Å²) in [5, 5.41) is 11.2. The van der Waals surface area contributed by atoms with Crippen LogP contribution in [-0.4, -0.2) is 16.4 Å². The van der Waals surface area contributed by atoms with Gasteiger partial charge >= 0.3 is 5.97 Å². The molecule has 4 aromatic rings. The van der Waals surface area contributed by atoms with Gasteiger partial charge in [0.25, 0.3) is 0 Å². The van der Waals surface area contributed by atoms with Crippen molar-refractivity contribution in [3.63, 3.8) is 0 Å². The van der Waals surface area contributed by atoms with E-state index in [9.17, 15) is 9.90 Å². The van der Waals surface area contributed by atoms with Crippen molar-refractivity contribution in [3.8, 4) is 0 Å². The zero-order chi connectivity index (χ0) is 33.2. The van der Waals surface area contributed by atoms with Gasteiger partial charge in [-0.1, -0.05) is 153 Å². The second kappa shape index (κ2) is 19.6. The Morgan fingerprint density at radius 1 is 0.636 bits per heavy atom. The summed E-state index contributed by atoms with van der Waals surface area (Å²) in [4.78, 5) is 12.0. The van der Waals surface area contributed by atoms with E-state index in [-0.39, 0.29) is 11.3 Å². The fraction of sp³-hybridized carbons (Fsp3) is 0.184. The fourth-order valence-corrected chi connectivity index (χ4v) is 3.76. The maximum Gasteiger partial charge on any atom is 0.334 e. The van der Waals surface area contributed by atoms with Crippen molar-refractivity contribution in [3.05, 3.63) is 179 Å². The lowest BCUT2D eigenvalue weighted by molar-refractivity contribution is -0.150. The van der Waals surface area contributed by atoms with Crippen LogP contribution in [0.15, 0.2) is 157 Å². The van der Waals surface area contributed by atoms with E-state index >= 15 is 0 Å². The van der Waals surface area contributed by atoms with Crippen molar-refractivity contribution < 1.29 is 14.6 Å². The highest BCUT2D eigenvalue weighted by molar-refractivity contribution is 6.40. The number of alkyl halides is 2. The first kappa shape index (κ1) is 38.4. The minimum Gasteiger partial charge on any atom is -0.446 e. The Morgan fingerprint density at radius 2 is 0.886 bits per heavy atom. The predicted molar refractivity (Wildman–Crippen MR) is 188 cm³/mol. The third-order valence-corrected chi connectivity index (χ3v) is 6.75. The van der Waals surface area contributed by atoms with E-state index in [1.807, 2.05) is 142 Å². The van der Waals surface area contributed by atoms with Crippen molar-refractivity contribution in [2.45, 2.75) is 38.9 Å². The molecule has 0 radical (unpaired) electrons. The molecule has 0 aliphatic heterocycles. The summed E-state index contributed by atoms with van der Waals surface area (Å²) in [6, 6.07) is 38.8. The van der Waals surface area contributed by atoms with Crippen molar-refractivity contribution in [2.24, 2.45) is 0 Å². The first-order valence-corrected chi connectivity index (χ1v) is 15.2. The van der Waals surface area contributed by atoms with E-state index in [2.05, 4.69) is 19.7 Å². The van der Waals surface area contributed by atoms with Gasteiger partial charge in [0.2, 0.25) is 0 Å². The van der Waals surface area contributed by atoms with Crippen LogP contribution in [0.3, 0.4) is 0 Å². The molecule has 232 valence electrons. The lowest BCUT2D eigenvalue weighted by atomic mass is 9.88. The molecule has 0 aliphatic carbocycles. The molecule has 0 aromatic heterocycles. The van der Waals surface area contributed by atoms with E-state index in [1.54, 1.807) is 6.92 Å². The summed E-state index contributed by atoms with van der Waals surface area (Å²) >= 11 is 14.8. The maximum atomic E-state index is 12.0. The van der Waals surface area contributed by atoms with Gasteiger partial charge < -0.3 is 9.84 Å². The van der Waals surface area contributed by atoms with Crippen LogP contribution in [0.1, 0.15) is 49.9 Å². The molecule has 0 amide bonds. The molecule has 0 saturated carbocycles. The van der Waals surface area contributed by atoms with Crippen molar-refractivity contribution in [1.82, 2.24) is 0 Å². The highest BCUT2D eigenvalue weighted by atomic mass is 35.5. The number of aliphatic hydroxyl groups is 1. The quantitative estimate of drug-likeness (QED) is 0.0936. The van der Waals surface area contributed by atoms with Crippen molar-refractivity contribution in [1.29, 1.82) is 0 Å². The summed E-state index contributed by atoms with van der Waals surface area (Å²) in [5.74, 6) is -0.389. The molecule has 0 spiro atoms. The Morgan fingerprint density at radius 3 is 1.11 bits per heavy atom. The van der Waals surface area contributed by atoms with Gasteiger partial charge in [-0.3, -0.25) is 0 Å². The van der Waals surface area contributed by atoms with Gasteiger partial charge in [0, 0.05) is 10.6 Å². The van der Waals surface area contributed by atoms with Crippen LogP contribution in [0.4, 0.5) is 0 Å². The molecule has 0 saturated heterocycles. The molecular formula is C38H41Cl3O3. The molecule has 44 heavy (non-hydrogen) atoms. The molecule has 0 aliphatic rings. The zero-order valence-corrected chi connectivity index (χ0v) is 28.0. The third kappa shape index (κ3) is 12.6. The number of allylic oxidation sites excluding steroid dienone is 2. The van der Waals surface area contributed by atoms with Crippen LogP contribution in [0.2, 0.25) is 0 Å². The van der Waals surface area contributed by atoms with E-state index in [4.69, 9.17) is 39.5 Å². The molecular weight excluding hydrogens is 611 g/mol. The number of carbonyl (C=O) groups excluding carboxylic acids is 1. The first-order valence-electron chi connectivity index (χ1n) is 13.8. The molecule has 0 unspecified atom stereocenters. The summed E-state index contributed by atoms with van der Waals surface area (Å²) in [7, 11) is 0. The molecule has 0 atom stereocenters. The second-order valence-corrected chi connectivity index (χ2v) is 11.3. The molecule has 4 aromatic carbocycles. The number of benzene rings is 4. The van der Waals surface area contributed by atoms with Gasteiger partial charge in [-0.2, -0.15) is 0 Å². The summed E-state index contributed by atoms with van der Waals surface area (Å²) < 4.78 is 5.73. The van der Waals surface area contributed by atoms with Crippen molar-refractivity contribution >= 4 is 40.8 Å². The summed E-state index contributed by atoms with van der Waals surface area (Å²) in [6.07, 6.45) is 0. The summed E-state index contributed by atoms with van der Waals surface area (Å²) in [6.45, 7) is 17.8. The van der Waals surface area contributed by atoms with E-state index in [0.717, 1.165) is 27.8 Å². The molecule has 0 fully saturated rings. The monoisotopic (exact) mass is 650 g/mol. The number of esters is 1. The normalized spacial score (nSPS) is 10.3. The highest BCUT2D eigenvalue weighted by Crippen LogP contribution is 2.34. The molecule has 3 nitrogen and oxygen atoms in total. The average molecular weight is 652 g/mol. The number of rotatable bonds is 7. The van der Waals surface area contributed by atoms with E-state index < -0.39 is 11.2 Å². The van der Waals surface area contributed by atoms with Gasteiger partial charge in [0.05, 0.1) is 5.34 Å². The largest absolute Gasteiger partial charge is 0.446 e. The average Bonchev–Trinajstić information content (AvgIpc) is 3.03. The Balaban J connectivity index is 0.000000354. The number of hydrogen-bond donors (Lipinski definition) is 1. The van der Waals surface area contributed by atoms with Crippen LogP contribution < -0.4 is 0 Å². The van der Waals surface area contributed by atoms with E-state index in [0.29, 0.717) is 10.6 Å². The topological polar surface area (TPSA) is 46.5 Å². The SMILES string of the molecule is C=C(C)C(=C)Cl.C=C(C)C(=O)OC(C)(c1ccccc1)c1ccccc1.CC(O)(c1ccccc1)c1ccccc1.ClCCl. The Bertz CT molecular complexity index is 1340. The van der Waals surface area contributed by atoms with Gasteiger partial charge in [-0.15, -0.1) is 23.2 Å². The van der Waals surface area contributed by atoms with Crippen LogP contribution in [0, 0.1) is 0 Å². The molecule has 6 heteroatoms. The van der Waals surface area contributed by atoms with E-state index in [1.165, 1.54) is 0 Å². The number of carbonyl (C=O) groups is 1. The maximum absolute atomic E-state index is 12.0.